The summed E-state index contributed by atoms with van der Waals surface area (Å²) >= 11 is 0. The minimum atomic E-state index is 0.482. The Bertz CT molecular complexity index is 190. The number of hydrogen-bond acceptors (Lipinski definition) is 1. The summed E-state index contributed by atoms with van der Waals surface area (Å²) in [5.74, 6) is 1.66. The third kappa shape index (κ3) is 3.48. The van der Waals surface area contributed by atoms with Crippen molar-refractivity contribution >= 4 is 0 Å². The molecule has 0 aliphatic carbocycles. The molecule has 0 radical (unpaired) electrons. The number of nitrogens with zero attached hydrogens (tertiary/aromatic N) is 1. The van der Waals surface area contributed by atoms with Crippen molar-refractivity contribution in [3.05, 3.63) is 0 Å². The zero-order chi connectivity index (χ0) is 11.6. The Kier molecular flexibility index (Phi) is 4.22. The first kappa shape index (κ1) is 13.0. The molecule has 15 heavy (non-hydrogen) atoms. The fraction of sp³-hybridized carbons (Fsp3) is 1.00. The maximum Gasteiger partial charge on any atom is 0.00900 e. The van der Waals surface area contributed by atoms with E-state index in [1.54, 1.807) is 0 Å². The van der Waals surface area contributed by atoms with Gasteiger partial charge in [0.2, 0.25) is 0 Å². The van der Waals surface area contributed by atoms with Crippen LogP contribution in [0.15, 0.2) is 0 Å². The summed E-state index contributed by atoms with van der Waals surface area (Å²) in [5, 5.41) is 0. The normalized spacial score (nSPS) is 27.0. The molecule has 1 heterocycles. The highest BCUT2D eigenvalue weighted by molar-refractivity contribution is 4.84. The number of rotatable bonds is 2. The first-order valence-corrected chi connectivity index (χ1v) is 6.56. The number of likely N-dealkylation sites (tertiary alicyclic amines) is 1. The van der Waals surface area contributed by atoms with Crippen LogP contribution in [0.5, 0.6) is 0 Å². The van der Waals surface area contributed by atoms with Gasteiger partial charge in [0.05, 0.1) is 0 Å². The molecule has 1 nitrogen and oxygen atoms in total. The molecule has 1 unspecified atom stereocenters. The van der Waals surface area contributed by atoms with Gasteiger partial charge in [-0.05, 0) is 43.6 Å². The SMILES string of the molecule is CC(C)[C@H](C)N1CCCC(C(C)(C)C)C1. The Labute approximate surface area is 96.2 Å². The van der Waals surface area contributed by atoms with Crippen LogP contribution in [0.2, 0.25) is 0 Å². The molecule has 0 aromatic carbocycles. The minimum Gasteiger partial charge on any atom is -0.300 e. The summed E-state index contributed by atoms with van der Waals surface area (Å²) in [7, 11) is 0. The molecule has 1 heteroatoms. The first-order valence-electron chi connectivity index (χ1n) is 6.56. The molecule has 1 saturated heterocycles. The van der Waals surface area contributed by atoms with E-state index < -0.39 is 0 Å². The fourth-order valence-corrected chi connectivity index (χ4v) is 2.50. The lowest BCUT2D eigenvalue weighted by atomic mass is 9.76. The van der Waals surface area contributed by atoms with Crippen LogP contribution in [0.1, 0.15) is 54.4 Å². The van der Waals surface area contributed by atoms with Gasteiger partial charge in [-0.15, -0.1) is 0 Å². The Balaban J connectivity index is 2.56. The molecule has 1 rings (SSSR count). The van der Waals surface area contributed by atoms with Gasteiger partial charge in [-0.1, -0.05) is 34.6 Å². The third-order valence-corrected chi connectivity index (χ3v) is 4.22. The van der Waals surface area contributed by atoms with Crippen LogP contribution in [-0.2, 0) is 0 Å². The van der Waals surface area contributed by atoms with Crippen molar-refractivity contribution in [1.29, 1.82) is 0 Å². The van der Waals surface area contributed by atoms with Crippen LogP contribution in [-0.4, -0.2) is 24.0 Å². The zero-order valence-electron chi connectivity index (χ0n) is 11.5. The summed E-state index contributed by atoms with van der Waals surface area (Å²) in [5.41, 5.74) is 0.482. The summed E-state index contributed by atoms with van der Waals surface area (Å²) in [6.07, 6.45) is 2.81. The highest BCUT2D eigenvalue weighted by Gasteiger charge is 2.31. The molecule has 1 aliphatic heterocycles. The lowest BCUT2D eigenvalue weighted by Gasteiger charge is -2.43. The molecular weight excluding hydrogens is 182 g/mol. The predicted molar refractivity (Wildman–Crippen MR) is 68.1 cm³/mol. The van der Waals surface area contributed by atoms with Crippen molar-refractivity contribution in [2.75, 3.05) is 13.1 Å². The van der Waals surface area contributed by atoms with Gasteiger partial charge in [0.15, 0.2) is 0 Å². The first-order chi connectivity index (χ1) is 6.82. The van der Waals surface area contributed by atoms with Crippen LogP contribution in [0.3, 0.4) is 0 Å². The summed E-state index contributed by atoms with van der Waals surface area (Å²) in [4.78, 5) is 2.70. The van der Waals surface area contributed by atoms with Gasteiger partial charge in [0.1, 0.15) is 0 Å². The molecular formula is C14H29N. The smallest absolute Gasteiger partial charge is 0.00900 e. The highest BCUT2D eigenvalue weighted by atomic mass is 15.2. The lowest BCUT2D eigenvalue weighted by molar-refractivity contribution is 0.0586. The molecule has 0 spiro atoms. The van der Waals surface area contributed by atoms with Crippen molar-refractivity contribution in [2.24, 2.45) is 17.3 Å². The Morgan fingerprint density at radius 3 is 2.20 bits per heavy atom. The van der Waals surface area contributed by atoms with E-state index in [-0.39, 0.29) is 0 Å². The van der Waals surface area contributed by atoms with Gasteiger partial charge in [-0.25, -0.2) is 0 Å². The van der Waals surface area contributed by atoms with E-state index in [9.17, 15) is 0 Å². The maximum atomic E-state index is 2.70. The monoisotopic (exact) mass is 211 g/mol. The molecule has 0 aromatic rings. The second-order valence-electron chi connectivity index (χ2n) is 6.68. The lowest BCUT2D eigenvalue weighted by Crippen LogP contribution is -2.46. The van der Waals surface area contributed by atoms with Crippen LogP contribution in [0.25, 0.3) is 0 Å². The van der Waals surface area contributed by atoms with E-state index in [1.807, 2.05) is 0 Å². The van der Waals surface area contributed by atoms with Crippen molar-refractivity contribution in [1.82, 2.24) is 4.90 Å². The van der Waals surface area contributed by atoms with Crippen molar-refractivity contribution < 1.29 is 0 Å². The van der Waals surface area contributed by atoms with Crippen LogP contribution in [0, 0.1) is 17.3 Å². The molecule has 0 bridgehead atoms. The molecule has 90 valence electrons. The van der Waals surface area contributed by atoms with Gasteiger partial charge >= 0.3 is 0 Å². The van der Waals surface area contributed by atoms with Gasteiger partial charge in [-0.2, -0.15) is 0 Å². The summed E-state index contributed by atoms with van der Waals surface area (Å²) in [6, 6.07) is 0.746. The van der Waals surface area contributed by atoms with Gasteiger partial charge < -0.3 is 4.90 Å². The van der Waals surface area contributed by atoms with Crippen LogP contribution < -0.4 is 0 Å². The minimum absolute atomic E-state index is 0.482. The molecule has 0 N–H and O–H groups in total. The maximum absolute atomic E-state index is 2.70. The van der Waals surface area contributed by atoms with E-state index in [0.717, 1.165) is 17.9 Å². The third-order valence-electron chi connectivity index (χ3n) is 4.22. The quantitative estimate of drug-likeness (QED) is 0.672. The molecule has 0 aromatic heterocycles. The zero-order valence-corrected chi connectivity index (χ0v) is 11.5. The van der Waals surface area contributed by atoms with E-state index >= 15 is 0 Å². The number of piperidine rings is 1. The van der Waals surface area contributed by atoms with E-state index in [1.165, 1.54) is 25.9 Å². The largest absolute Gasteiger partial charge is 0.300 e. The van der Waals surface area contributed by atoms with Crippen molar-refractivity contribution in [3.63, 3.8) is 0 Å². The molecule has 2 atom stereocenters. The molecule has 0 amide bonds. The topological polar surface area (TPSA) is 3.24 Å². The molecule has 1 aliphatic rings. The average Bonchev–Trinajstić information content (AvgIpc) is 2.15. The second kappa shape index (κ2) is 4.86. The number of hydrogen-bond donors (Lipinski definition) is 0. The van der Waals surface area contributed by atoms with E-state index in [2.05, 4.69) is 46.4 Å². The van der Waals surface area contributed by atoms with Crippen molar-refractivity contribution in [3.8, 4) is 0 Å². The Hall–Kier alpha value is -0.0400. The Morgan fingerprint density at radius 2 is 1.73 bits per heavy atom. The summed E-state index contributed by atoms with van der Waals surface area (Å²) < 4.78 is 0. The standard InChI is InChI=1S/C14H29N/c1-11(2)12(3)15-9-7-8-13(10-15)14(4,5)6/h11-13H,7-10H2,1-6H3/t12-,13?/m0/s1. The second-order valence-corrected chi connectivity index (χ2v) is 6.68. The molecule has 1 fully saturated rings. The predicted octanol–water partition coefficient (Wildman–Crippen LogP) is 3.79. The van der Waals surface area contributed by atoms with Gasteiger partial charge in [0, 0.05) is 12.6 Å². The van der Waals surface area contributed by atoms with E-state index in [0.29, 0.717) is 5.41 Å². The Morgan fingerprint density at radius 1 is 1.13 bits per heavy atom. The van der Waals surface area contributed by atoms with Crippen LogP contribution in [0.4, 0.5) is 0 Å². The van der Waals surface area contributed by atoms with E-state index in [4.69, 9.17) is 0 Å². The van der Waals surface area contributed by atoms with Crippen molar-refractivity contribution in [2.45, 2.75) is 60.4 Å². The van der Waals surface area contributed by atoms with Gasteiger partial charge in [-0.3, -0.25) is 0 Å². The molecule has 0 saturated carbocycles. The fourth-order valence-electron chi connectivity index (χ4n) is 2.50. The van der Waals surface area contributed by atoms with Gasteiger partial charge in [0.25, 0.3) is 0 Å². The van der Waals surface area contributed by atoms with Crippen LogP contribution >= 0.6 is 0 Å². The average molecular weight is 211 g/mol. The highest BCUT2D eigenvalue weighted by Crippen LogP contribution is 2.34. The summed E-state index contributed by atoms with van der Waals surface area (Å²) in [6.45, 7) is 16.9.